The lowest BCUT2D eigenvalue weighted by atomic mass is 9.85. The number of benzene rings is 2. The molecule has 0 aliphatic carbocycles. The molecule has 1 N–H and O–H groups in total. The van der Waals surface area contributed by atoms with E-state index in [0.717, 1.165) is 16.7 Å². The number of amides is 1. The summed E-state index contributed by atoms with van der Waals surface area (Å²) in [5.74, 6) is 1.11. The van der Waals surface area contributed by atoms with Gasteiger partial charge in [0.25, 0.3) is 0 Å². The van der Waals surface area contributed by atoms with Gasteiger partial charge in [0.1, 0.15) is 13.2 Å². The zero-order valence-corrected chi connectivity index (χ0v) is 18.0. The van der Waals surface area contributed by atoms with Gasteiger partial charge >= 0.3 is 0 Å². The minimum Gasteiger partial charge on any atom is -0.486 e. The van der Waals surface area contributed by atoms with Gasteiger partial charge in [0.15, 0.2) is 11.5 Å². The quantitative estimate of drug-likeness (QED) is 0.595. The van der Waals surface area contributed by atoms with E-state index in [4.69, 9.17) is 9.47 Å². The van der Waals surface area contributed by atoms with E-state index in [1.54, 1.807) is 24.5 Å². The fourth-order valence-corrected chi connectivity index (χ4v) is 3.45. The van der Waals surface area contributed by atoms with Gasteiger partial charge in [-0.3, -0.25) is 9.78 Å². The Labute approximate surface area is 182 Å². The number of hydrogen-bond donors (Lipinski definition) is 1. The number of nitrogens with one attached hydrogen (secondary N) is 1. The Morgan fingerprint density at radius 3 is 2.23 bits per heavy atom. The molecule has 0 unspecified atom stereocenters. The summed E-state index contributed by atoms with van der Waals surface area (Å²) in [5.41, 5.74) is 4.69. The molecule has 5 nitrogen and oxygen atoms in total. The molecule has 1 aromatic heterocycles. The SMILES string of the molecule is CC(C)(C)c1ccc(/C(=C/C(=O)Nc2ccc3c(c2)OCCO3)c2ccncc2)cc1. The second-order valence-electron chi connectivity index (χ2n) is 8.47. The first-order valence-corrected chi connectivity index (χ1v) is 10.3. The van der Waals surface area contributed by atoms with Crippen LogP contribution in [0.15, 0.2) is 73.1 Å². The Morgan fingerprint density at radius 2 is 1.55 bits per heavy atom. The molecule has 1 amide bonds. The van der Waals surface area contributed by atoms with Crippen molar-refractivity contribution in [3.05, 3.63) is 89.8 Å². The maximum Gasteiger partial charge on any atom is 0.249 e. The van der Waals surface area contributed by atoms with E-state index in [-0.39, 0.29) is 11.3 Å². The Bertz CT molecular complexity index is 1100. The molecule has 3 aromatic rings. The number of ether oxygens (including phenoxy) is 2. The lowest BCUT2D eigenvalue weighted by Crippen LogP contribution is -2.16. The van der Waals surface area contributed by atoms with E-state index in [2.05, 4.69) is 55.3 Å². The number of nitrogens with zero attached hydrogens (tertiary/aromatic N) is 1. The third-order valence-corrected chi connectivity index (χ3v) is 5.14. The number of fused-ring (bicyclic) bond motifs is 1. The zero-order valence-electron chi connectivity index (χ0n) is 18.0. The standard InChI is InChI=1S/C26H26N2O3/c1-26(2,3)20-6-4-18(5-7-20)22(19-10-12-27-13-11-19)17-25(29)28-21-8-9-23-24(16-21)31-15-14-30-23/h4-13,16-17H,14-15H2,1-3H3,(H,28,29)/b22-17-. The summed E-state index contributed by atoms with van der Waals surface area (Å²) in [6.45, 7) is 7.58. The van der Waals surface area contributed by atoms with Gasteiger partial charge in [-0.2, -0.15) is 0 Å². The molecule has 1 aliphatic heterocycles. The van der Waals surface area contributed by atoms with Crippen molar-refractivity contribution in [2.24, 2.45) is 0 Å². The molecule has 31 heavy (non-hydrogen) atoms. The van der Waals surface area contributed by atoms with Crippen molar-refractivity contribution >= 4 is 17.2 Å². The van der Waals surface area contributed by atoms with Gasteiger partial charge in [0.05, 0.1) is 0 Å². The van der Waals surface area contributed by atoms with E-state index < -0.39 is 0 Å². The van der Waals surface area contributed by atoms with E-state index in [9.17, 15) is 4.79 Å². The molecule has 0 spiro atoms. The van der Waals surface area contributed by atoms with Crippen LogP contribution >= 0.6 is 0 Å². The van der Waals surface area contributed by atoms with Crippen LogP contribution in [0.4, 0.5) is 5.69 Å². The average molecular weight is 415 g/mol. The van der Waals surface area contributed by atoms with Crippen molar-refractivity contribution in [3.63, 3.8) is 0 Å². The Hall–Kier alpha value is -3.60. The number of pyridine rings is 1. The number of rotatable bonds is 4. The summed E-state index contributed by atoms with van der Waals surface area (Å²) in [6.07, 6.45) is 5.08. The molecule has 0 fully saturated rings. The van der Waals surface area contributed by atoms with Gasteiger partial charge < -0.3 is 14.8 Å². The molecule has 4 rings (SSSR count). The van der Waals surface area contributed by atoms with Crippen LogP contribution in [0.1, 0.15) is 37.5 Å². The third kappa shape index (κ3) is 4.94. The van der Waals surface area contributed by atoms with Gasteiger partial charge in [0.2, 0.25) is 5.91 Å². The van der Waals surface area contributed by atoms with Crippen molar-refractivity contribution in [3.8, 4) is 11.5 Å². The molecule has 5 heteroatoms. The summed E-state index contributed by atoms with van der Waals surface area (Å²) in [7, 11) is 0. The summed E-state index contributed by atoms with van der Waals surface area (Å²) in [5, 5.41) is 2.93. The second-order valence-corrected chi connectivity index (χ2v) is 8.47. The molecule has 0 radical (unpaired) electrons. The highest BCUT2D eigenvalue weighted by Crippen LogP contribution is 2.33. The van der Waals surface area contributed by atoms with E-state index in [0.29, 0.717) is 30.4 Å². The second kappa shape index (κ2) is 8.64. The Morgan fingerprint density at radius 1 is 0.903 bits per heavy atom. The minimum atomic E-state index is -0.219. The molecule has 0 saturated heterocycles. The van der Waals surface area contributed by atoms with E-state index in [1.165, 1.54) is 5.56 Å². The van der Waals surface area contributed by atoms with Gasteiger partial charge in [-0.15, -0.1) is 0 Å². The summed E-state index contributed by atoms with van der Waals surface area (Å²) in [6, 6.07) is 17.6. The van der Waals surface area contributed by atoms with Gasteiger partial charge in [-0.25, -0.2) is 0 Å². The number of hydrogen-bond acceptors (Lipinski definition) is 4. The monoisotopic (exact) mass is 414 g/mol. The molecule has 2 heterocycles. The van der Waals surface area contributed by atoms with Crippen molar-refractivity contribution in [2.75, 3.05) is 18.5 Å². The molecule has 0 bridgehead atoms. The highest BCUT2D eigenvalue weighted by Gasteiger charge is 2.15. The van der Waals surface area contributed by atoms with Crippen LogP contribution < -0.4 is 14.8 Å². The fraction of sp³-hybridized carbons (Fsp3) is 0.231. The highest BCUT2D eigenvalue weighted by atomic mass is 16.6. The minimum absolute atomic E-state index is 0.0642. The molecule has 158 valence electrons. The Kier molecular flexibility index (Phi) is 5.76. The molecular weight excluding hydrogens is 388 g/mol. The maximum atomic E-state index is 12.9. The summed E-state index contributed by atoms with van der Waals surface area (Å²) >= 11 is 0. The lowest BCUT2D eigenvalue weighted by molar-refractivity contribution is -0.111. The van der Waals surface area contributed by atoms with Crippen molar-refractivity contribution in [2.45, 2.75) is 26.2 Å². The molecule has 0 atom stereocenters. The van der Waals surface area contributed by atoms with Crippen LogP contribution in [0.5, 0.6) is 11.5 Å². The number of carbonyl (C=O) groups is 1. The van der Waals surface area contributed by atoms with Crippen LogP contribution in [-0.4, -0.2) is 24.1 Å². The van der Waals surface area contributed by atoms with E-state index in [1.807, 2.05) is 24.3 Å². The highest BCUT2D eigenvalue weighted by molar-refractivity contribution is 6.06. The number of carbonyl (C=O) groups excluding carboxylic acids is 1. The largest absolute Gasteiger partial charge is 0.486 e. The number of anilines is 1. The smallest absolute Gasteiger partial charge is 0.249 e. The predicted octanol–water partition coefficient (Wildman–Crippen LogP) is 5.22. The fourth-order valence-electron chi connectivity index (χ4n) is 3.45. The van der Waals surface area contributed by atoms with Crippen LogP contribution in [0, 0.1) is 0 Å². The normalized spacial score (nSPS) is 13.6. The molecule has 0 saturated carbocycles. The predicted molar refractivity (Wildman–Crippen MR) is 123 cm³/mol. The molecule has 1 aliphatic rings. The molecule has 2 aromatic carbocycles. The van der Waals surface area contributed by atoms with Crippen LogP contribution in [0.2, 0.25) is 0 Å². The first kappa shape index (κ1) is 20.7. The van der Waals surface area contributed by atoms with Crippen molar-refractivity contribution in [1.82, 2.24) is 4.98 Å². The maximum absolute atomic E-state index is 12.9. The van der Waals surface area contributed by atoms with Crippen molar-refractivity contribution < 1.29 is 14.3 Å². The van der Waals surface area contributed by atoms with Gasteiger partial charge in [0, 0.05) is 30.2 Å². The first-order valence-electron chi connectivity index (χ1n) is 10.3. The van der Waals surface area contributed by atoms with Gasteiger partial charge in [-0.05, 0) is 51.9 Å². The van der Waals surface area contributed by atoms with E-state index >= 15 is 0 Å². The zero-order chi connectivity index (χ0) is 21.8. The average Bonchev–Trinajstić information content (AvgIpc) is 2.77. The van der Waals surface area contributed by atoms with Crippen LogP contribution in [0.25, 0.3) is 5.57 Å². The first-order chi connectivity index (χ1) is 14.9. The van der Waals surface area contributed by atoms with Crippen LogP contribution in [0.3, 0.4) is 0 Å². The summed E-state index contributed by atoms with van der Waals surface area (Å²) < 4.78 is 11.1. The van der Waals surface area contributed by atoms with Gasteiger partial charge in [-0.1, -0.05) is 45.0 Å². The summed E-state index contributed by atoms with van der Waals surface area (Å²) in [4.78, 5) is 17.0. The lowest BCUT2D eigenvalue weighted by Gasteiger charge is -2.20. The molecular formula is C26H26N2O3. The Balaban J connectivity index is 1.63. The van der Waals surface area contributed by atoms with Crippen LogP contribution in [-0.2, 0) is 10.2 Å². The van der Waals surface area contributed by atoms with Crippen molar-refractivity contribution in [1.29, 1.82) is 0 Å². The third-order valence-electron chi connectivity index (χ3n) is 5.14. The number of aromatic nitrogens is 1. The topological polar surface area (TPSA) is 60.5 Å².